The van der Waals surface area contributed by atoms with Crippen LogP contribution in [0.2, 0.25) is 0 Å². The number of carbonyl (C=O) groups excluding carboxylic acids is 1. The molecule has 0 saturated carbocycles. The number of hydrogen-bond donors (Lipinski definition) is 0. The van der Waals surface area contributed by atoms with Crippen LogP contribution in [0.25, 0.3) is 10.9 Å². The number of pyridine rings is 1. The number of benzene rings is 2. The van der Waals surface area contributed by atoms with Crippen LogP contribution in [0.15, 0.2) is 48.5 Å². The Morgan fingerprint density at radius 1 is 1.04 bits per heavy atom. The molecule has 3 aromatic rings. The van der Waals surface area contributed by atoms with Gasteiger partial charge in [0.25, 0.3) is 0 Å². The molecule has 1 unspecified atom stereocenters. The summed E-state index contributed by atoms with van der Waals surface area (Å²) in [6.45, 7) is 3.38. The zero-order valence-electron chi connectivity index (χ0n) is 13.2. The quantitative estimate of drug-likeness (QED) is 0.652. The first kappa shape index (κ1) is 16.1. The standard InChI is InChI=1S/C19H15F2NO2/c1-11-17(9-14-5-8-16(21)10-18(14)22-11)19(23)24-12(2)13-3-6-15(20)7-4-13/h3-10,12H,1-2H3. The smallest absolute Gasteiger partial charge is 0.340 e. The molecule has 0 aliphatic rings. The first-order chi connectivity index (χ1) is 11.4. The zero-order valence-corrected chi connectivity index (χ0v) is 13.2. The number of rotatable bonds is 3. The minimum Gasteiger partial charge on any atom is -0.454 e. The van der Waals surface area contributed by atoms with E-state index < -0.39 is 12.1 Å². The molecule has 0 fully saturated rings. The van der Waals surface area contributed by atoms with Gasteiger partial charge < -0.3 is 4.74 Å². The van der Waals surface area contributed by atoms with E-state index in [1.54, 1.807) is 38.1 Å². The zero-order chi connectivity index (χ0) is 17.3. The normalized spacial score (nSPS) is 12.2. The van der Waals surface area contributed by atoms with Gasteiger partial charge in [0.1, 0.15) is 17.7 Å². The number of nitrogens with zero attached hydrogens (tertiary/aromatic N) is 1. The molecule has 0 amide bonds. The predicted molar refractivity (Wildman–Crippen MR) is 86.7 cm³/mol. The summed E-state index contributed by atoms with van der Waals surface area (Å²) in [7, 11) is 0. The SMILES string of the molecule is Cc1nc2cc(F)ccc2cc1C(=O)OC(C)c1ccc(F)cc1. The van der Waals surface area contributed by atoms with E-state index in [-0.39, 0.29) is 11.6 Å². The van der Waals surface area contributed by atoms with Crippen molar-refractivity contribution in [1.29, 1.82) is 0 Å². The van der Waals surface area contributed by atoms with Crippen LogP contribution in [0.3, 0.4) is 0 Å². The topological polar surface area (TPSA) is 39.2 Å². The highest BCUT2D eigenvalue weighted by Gasteiger charge is 2.17. The summed E-state index contributed by atoms with van der Waals surface area (Å²) in [5.41, 5.74) is 1.96. The lowest BCUT2D eigenvalue weighted by Crippen LogP contribution is -2.11. The van der Waals surface area contributed by atoms with Crippen LogP contribution >= 0.6 is 0 Å². The van der Waals surface area contributed by atoms with Crippen molar-refractivity contribution in [1.82, 2.24) is 4.98 Å². The Bertz CT molecular complexity index is 907. The van der Waals surface area contributed by atoms with E-state index in [2.05, 4.69) is 4.98 Å². The van der Waals surface area contributed by atoms with Crippen LogP contribution < -0.4 is 0 Å². The van der Waals surface area contributed by atoms with Gasteiger partial charge in [0.15, 0.2) is 0 Å². The second-order valence-corrected chi connectivity index (χ2v) is 5.56. The molecule has 1 atom stereocenters. The average molecular weight is 327 g/mol. The molecule has 0 bridgehead atoms. The van der Waals surface area contributed by atoms with E-state index >= 15 is 0 Å². The summed E-state index contributed by atoms with van der Waals surface area (Å²) < 4.78 is 31.7. The van der Waals surface area contributed by atoms with Gasteiger partial charge in [-0.25, -0.2) is 13.6 Å². The van der Waals surface area contributed by atoms with Crippen LogP contribution in [0.1, 0.15) is 34.6 Å². The van der Waals surface area contributed by atoms with E-state index in [0.717, 1.165) is 0 Å². The first-order valence-corrected chi connectivity index (χ1v) is 7.47. The molecule has 122 valence electrons. The molecule has 0 aliphatic heterocycles. The molecule has 0 radical (unpaired) electrons. The molecule has 3 rings (SSSR count). The Kier molecular flexibility index (Phi) is 4.25. The highest BCUT2D eigenvalue weighted by atomic mass is 19.1. The van der Waals surface area contributed by atoms with Gasteiger partial charge in [0.05, 0.1) is 16.8 Å². The minimum atomic E-state index is -0.526. The van der Waals surface area contributed by atoms with Crippen LogP contribution in [-0.4, -0.2) is 11.0 Å². The largest absolute Gasteiger partial charge is 0.454 e. The first-order valence-electron chi connectivity index (χ1n) is 7.47. The molecule has 0 aliphatic carbocycles. The van der Waals surface area contributed by atoms with Crippen molar-refractivity contribution in [3.8, 4) is 0 Å². The lowest BCUT2D eigenvalue weighted by molar-refractivity contribution is 0.0336. The summed E-state index contributed by atoms with van der Waals surface area (Å²) in [5.74, 6) is -1.25. The molecule has 1 heterocycles. The summed E-state index contributed by atoms with van der Waals surface area (Å²) in [5, 5.41) is 0.656. The highest BCUT2D eigenvalue weighted by Crippen LogP contribution is 2.22. The minimum absolute atomic E-state index is 0.322. The average Bonchev–Trinajstić information content (AvgIpc) is 2.54. The number of hydrogen-bond acceptors (Lipinski definition) is 3. The molecule has 5 heteroatoms. The van der Waals surface area contributed by atoms with Crippen molar-refractivity contribution in [3.63, 3.8) is 0 Å². The molecule has 1 aromatic heterocycles. The number of carbonyl (C=O) groups is 1. The van der Waals surface area contributed by atoms with Crippen molar-refractivity contribution >= 4 is 16.9 Å². The Labute approximate surface area is 137 Å². The van der Waals surface area contributed by atoms with Crippen molar-refractivity contribution < 1.29 is 18.3 Å². The Hall–Kier alpha value is -2.82. The third-order valence-corrected chi connectivity index (χ3v) is 3.81. The van der Waals surface area contributed by atoms with Gasteiger partial charge in [-0.3, -0.25) is 4.98 Å². The number of halogens is 2. The Balaban J connectivity index is 1.86. The maximum atomic E-state index is 13.3. The molecule has 0 spiro atoms. The van der Waals surface area contributed by atoms with Crippen LogP contribution in [0, 0.1) is 18.6 Å². The van der Waals surface area contributed by atoms with Crippen LogP contribution in [0.4, 0.5) is 8.78 Å². The highest BCUT2D eigenvalue weighted by molar-refractivity contribution is 5.95. The predicted octanol–water partition coefficient (Wildman–Crippen LogP) is 4.74. The third kappa shape index (κ3) is 3.25. The number of aryl methyl sites for hydroxylation is 1. The fourth-order valence-corrected chi connectivity index (χ4v) is 2.47. The van der Waals surface area contributed by atoms with E-state index in [4.69, 9.17) is 4.74 Å². The van der Waals surface area contributed by atoms with E-state index in [1.807, 2.05) is 0 Å². The van der Waals surface area contributed by atoms with Crippen molar-refractivity contribution in [2.75, 3.05) is 0 Å². The molecule has 2 aromatic carbocycles. The maximum Gasteiger partial charge on any atom is 0.340 e. The number of esters is 1. The van der Waals surface area contributed by atoms with E-state index in [1.165, 1.54) is 24.3 Å². The second kappa shape index (κ2) is 6.35. The fraction of sp³-hybridized carbons (Fsp3) is 0.158. The summed E-state index contributed by atoms with van der Waals surface area (Å²) in [4.78, 5) is 16.7. The number of aromatic nitrogens is 1. The monoisotopic (exact) mass is 327 g/mol. The van der Waals surface area contributed by atoms with Gasteiger partial charge in [-0.15, -0.1) is 0 Å². The van der Waals surface area contributed by atoms with Gasteiger partial charge in [-0.2, -0.15) is 0 Å². The number of ether oxygens (including phenoxy) is 1. The van der Waals surface area contributed by atoms with Gasteiger partial charge in [-0.1, -0.05) is 12.1 Å². The Morgan fingerprint density at radius 2 is 1.71 bits per heavy atom. The second-order valence-electron chi connectivity index (χ2n) is 5.56. The van der Waals surface area contributed by atoms with E-state index in [9.17, 15) is 13.6 Å². The van der Waals surface area contributed by atoms with Crippen molar-refractivity contribution in [2.45, 2.75) is 20.0 Å². The lowest BCUT2D eigenvalue weighted by Gasteiger charge is -2.15. The van der Waals surface area contributed by atoms with Crippen molar-refractivity contribution in [3.05, 3.63) is 77.0 Å². The molecule has 3 nitrogen and oxygen atoms in total. The van der Waals surface area contributed by atoms with Gasteiger partial charge in [0, 0.05) is 11.5 Å². The Morgan fingerprint density at radius 3 is 2.42 bits per heavy atom. The molecule has 0 saturated heterocycles. The van der Waals surface area contributed by atoms with Crippen LogP contribution in [0.5, 0.6) is 0 Å². The van der Waals surface area contributed by atoms with Gasteiger partial charge in [0.2, 0.25) is 0 Å². The number of fused-ring (bicyclic) bond motifs is 1. The maximum absolute atomic E-state index is 13.3. The molecular weight excluding hydrogens is 312 g/mol. The van der Waals surface area contributed by atoms with Gasteiger partial charge >= 0.3 is 5.97 Å². The summed E-state index contributed by atoms with van der Waals surface area (Å²) in [6.07, 6.45) is -0.526. The third-order valence-electron chi connectivity index (χ3n) is 3.81. The summed E-state index contributed by atoms with van der Waals surface area (Å²) >= 11 is 0. The molecule has 24 heavy (non-hydrogen) atoms. The summed E-state index contributed by atoms with van der Waals surface area (Å²) in [6, 6.07) is 11.6. The molecular formula is C19H15F2NO2. The lowest BCUT2D eigenvalue weighted by atomic mass is 10.1. The van der Waals surface area contributed by atoms with Crippen LogP contribution in [-0.2, 0) is 4.74 Å². The van der Waals surface area contributed by atoms with Gasteiger partial charge in [-0.05, 0) is 49.7 Å². The van der Waals surface area contributed by atoms with Crippen molar-refractivity contribution in [2.24, 2.45) is 0 Å². The fourth-order valence-electron chi connectivity index (χ4n) is 2.47. The molecule has 0 N–H and O–H groups in total. The van der Waals surface area contributed by atoms with E-state index in [0.29, 0.717) is 27.7 Å².